The van der Waals surface area contributed by atoms with Crippen LogP contribution in [-0.4, -0.2) is 20.9 Å². The third-order valence-corrected chi connectivity index (χ3v) is 3.91. The molecule has 0 aromatic heterocycles. The van der Waals surface area contributed by atoms with Gasteiger partial charge in [0.25, 0.3) is 15.0 Å². The van der Waals surface area contributed by atoms with Gasteiger partial charge in [0, 0.05) is 22.8 Å². The molecule has 0 atom stereocenters. The second-order valence-corrected chi connectivity index (χ2v) is 6.59. The van der Waals surface area contributed by atoms with Crippen LogP contribution in [0, 0.1) is 6.92 Å². The van der Waals surface area contributed by atoms with Crippen LogP contribution in [-0.2, 0) is 9.05 Å². The molecule has 0 radical (unpaired) electrons. The Kier molecular flexibility index (Phi) is 5.57. The predicted molar refractivity (Wildman–Crippen MR) is 76.0 cm³/mol. The lowest BCUT2D eigenvalue weighted by atomic mass is 10.1. The maximum atomic E-state index is 11.9. The number of aryl methyl sites for hydroxylation is 1. The van der Waals surface area contributed by atoms with Crippen molar-refractivity contribution in [3.63, 3.8) is 0 Å². The van der Waals surface area contributed by atoms with Crippen molar-refractivity contribution in [3.05, 3.63) is 41.5 Å². The summed E-state index contributed by atoms with van der Waals surface area (Å²) in [6, 6.07) is 4.19. The number of hydrogen-bond donors (Lipinski definition) is 1. The van der Waals surface area contributed by atoms with Crippen molar-refractivity contribution in [3.8, 4) is 0 Å². The molecule has 4 nitrogen and oxygen atoms in total. The zero-order valence-corrected chi connectivity index (χ0v) is 12.4. The first-order chi connectivity index (χ1) is 8.86. The molecule has 1 aromatic rings. The maximum Gasteiger partial charge on any atom is 0.261 e. The Hall–Kier alpha value is -1.33. The zero-order valence-electron chi connectivity index (χ0n) is 10.8. The Balaban J connectivity index is 2.82. The summed E-state index contributed by atoms with van der Waals surface area (Å²) < 4.78 is 22.3. The second kappa shape index (κ2) is 6.73. The van der Waals surface area contributed by atoms with Gasteiger partial charge in [0.15, 0.2) is 0 Å². The second-order valence-electron chi connectivity index (χ2n) is 4.03. The van der Waals surface area contributed by atoms with Crippen LogP contribution in [0.25, 0.3) is 0 Å². The van der Waals surface area contributed by atoms with E-state index in [1.165, 1.54) is 18.2 Å². The number of amides is 1. The molecular weight excluding hydrogens is 286 g/mol. The summed E-state index contributed by atoms with van der Waals surface area (Å²) in [5, 5.41) is 2.76. The average Bonchev–Trinajstić information content (AvgIpc) is 2.33. The first-order valence-corrected chi connectivity index (χ1v) is 8.12. The number of allylic oxidation sites excluding steroid dienone is 1. The smallest absolute Gasteiger partial charge is 0.261 e. The van der Waals surface area contributed by atoms with Gasteiger partial charge in [-0.1, -0.05) is 12.2 Å². The van der Waals surface area contributed by atoms with Crippen molar-refractivity contribution in [1.29, 1.82) is 0 Å². The minimum Gasteiger partial charge on any atom is -0.352 e. The van der Waals surface area contributed by atoms with Gasteiger partial charge in [-0.05, 0) is 44.0 Å². The first kappa shape index (κ1) is 15.7. The van der Waals surface area contributed by atoms with E-state index in [-0.39, 0.29) is 10.8 Å². The van der Waals surface area contributed by atoms with Crippen LogP contribution in [0.5, 0.6) is 0 Å². The molecule has 0 aliphatic rings. The SMILES string of the molecule is C/C=C/CCNC(=O)c1ccc(S(=O)(=O)Cl)cc1C. The van der Waals surface area contributed by atoms with Crippen LogP contribution in [0.2, 0.25) is 0 Å². The van der Waals surface area contributed by atoms with Crippen LogP contribution >= 0.6 is 10.7 Å². The van der Waals surface area contributed by atoms with Crippen molar-refractivity contribution in [2.45, 2.75) is 25.2 Å². The summed E-state index contributed by atoms with van der Waals surface area (Å²) in [6.45, 7) is 4.13. The fraction of sp³-hybridized carbons (Fsp3) is 0.308. The van der Waals surface area contributed by atoms with Gasteiger partial charge < -0.3 is 5.32 Å². The predicted octanol–water partition coefficient (Wildman–Crippen LogP) is 2.62. The molecule has 0 spiro atoms. The molecule has 1 amide bonds. The summed E-state index contributed by atoms with van der Waals surface area (Å²) >= 11 is 0. The highest BCUT2D eigenvalue weighted by Crippen LogP contribution is 2.18. The Morgan fingerprint density at radius 1 is 1.42 bits per heavy atom. The highest BCUT2D eigenvalue weighted by molar-refractivity contribution is 8.13. The third-order valence-electron chi connectivity index (χ3n) is 2.56. The monoisotopic (exact) mass is 301 g/mol. The van der Waals surface area contributed by atoms with Gasteiger partial charge in [-0.25, -0.2) is 8.42 Å². The van der Waals surface area contributed by atoms with E-state index in [1.807, 2.05) is 19.1 Å². The Morgan fingerprint density at radius 3 is 2.63 bits per heavy atom. The number of carbonyl (C=O) groups excluding carboxylic acids is 1. The number of halogens is 1. The van der Waals surface area contributed by atoms with E-state index >= 15 is 0 Å². The van der Waals surface area contributed by atoms with E-state index in [1.54, 1.807) is 6.92 Å². The summed E-state index contributed by atoms with van der Waals surface area (Å²) in [7, 11) is 1.48. The van der Waals surface area contributed by atoms with E-state index in [4.69, 9.17) is 10.7 Å². The Labute approximate surface area is 117 Å². The molecule has 104 valence electrons. The molecule has 0 heterocycles. The van der Waals surface area contributed by atoms with E-state index < -0.39 is 9.05 Å². The lowest BCUT2D eigenvalue weighted by molar-refractivity contribution is 0.0953. The number of hydrogen-bond acceptors (Lipinski definition) is 3. The zero-order chi connectivity index (χ0) is 14.5. The van der Waals surface area contributed by atoms with Crippen molar-refractivity contribution < 1.29 is 13.2 Å². The topological polar surface area (TPSA) is 63.2 Å². The molecule has 1 N–H and O–H groups in total. The summed E-state index contributed by atoms with van der Waals surface area (Å²) in [4.78, 5) is 11.9. The summed E-state index contributed by atoms with van der Waals surface area (Å²) in [5.41, 5.74) is 1.02. The van der Waals surface area contributed by atoms with Crippen LogP contribution in [0.4, 0.5) is 0 Å². The molecule has 1 rings (SSSR count). The average molecular weight is 302 g/mol. The molecule has 0 bridgehead atoms. The summed E-state index contributed by atoms with van der Waals surface area (Å²) in [5.74, 6) is -0.222. The van der Waals surface area contributed by atoms with Crippen molar-refractivity contribution in [2.75, 3.05) is 6.54 Å². The molecule has 6 heteroatoms. The molecule has 1 aromatic carbocycles. The molecule has 0 fully saturated rings. The molecule has 0 saturated carbocycles. The largest absolute Gasteiger partial charge is 0.352 e. The first-order valence-electron chi connectivity index (χ1n) is 5.81. The van der Waals surface area contributed by atoms with Crippen molar-refractivity contribution in [2.24, 2.45) is 0 Å². The van der Waals surface area contributed by atoms with Crippen LogP contribution in [0.3, 0.4) is 0 Å². The normalized spacial score (nSPS) is 11.7. The Morgan fingerprint density at radius 2 is 2.11 bits per heavy atom. The number of benzene rings is 1. The standard InChI is InChI=1S/C13H16ClNO3S/c1-3-4-5-8-15-13(16)12-7-6-11(9-10(12)2)19(14,17)18/h3-4,6-7,9H,5,8H2,1-2H3,(H,15,16)/b4-3+. The van der Waals surface area contributed by atoms with E-state index in [2.05, 4.69) is 5.32 Å². The fourth-order valence-corrected chi connectivity index (χ4v) is 2.41. The number of nitrogens with one attached hydrogen (secondary N) is 1. The fourth-order valence-electron chi connectivity index (χ4n) is 1.57. The van der Waals surface area contributed by atoms with Gasteiger partial charge in [0.1, 0.15) is 0 Å². The van der Waals surface area contributed by atoms with E-state index in [0.29, 0.717) is 17.7 Å². The van der Waals surface area contributed by atoms with Crippen LogP contribution in [0.1, 0.15) is 29.3 Å². The van der Waals surface area contributed by atoms with Gasteiger partial charge in [-0.2, -0.15) is 0 Å². The van der Waals surface area contributed by atoms with E-state index in [9.17, 15) is 13.2 Å². The quantitative estimate of drug-likeness (QED) is 0.516. The van der Waals surface area contributed by atoms with Gasteiger partial charge in [0.2, 0.25) is 0 Å². The van der Waals surface area contributed by atoms with Crippen molar-refractivity contribution >= 4 is 25.6 Å². The lowest BCUT2D eigenvalue weighted by Gasteiger charge is -2.07. The number of carbonyl (C=O) groups is 1. The molecule has 0 aliphatic carbocycles. The number of rotatable bonds is 5. The van der Waals surface area contributed by atoms with Gasteiger partial charge in [-0.3, -0.25) is 4.79 Å². The van der Waals surface area contributed by atoms with Gasteiger partial charge in [0.05, 0.1) is 4.90 Å². The molecule has 0 unspecified atom stereocenters. The molecule has 0 saturated heterocycles. The van der Waals surface area contributed by atoms with Crippen molar-refractivity contribution in [1.82, 2.24) is 5.32 Å². The summed E-state index contributed by atoms with van der Waals surface area (Å²) in [6.07, 6.45) is 4.63. The highest BCUT2D eigenvalue weighted by atomic mass is 35.7. The maximum absolute atomic E-state index is 11.9. The van der Waals surface area contributed by atoms with Crippen LogP contribution < -0.4 is 5.32 Å². The highest BCUT2D eigenvalue weighted by Gasteiger charge is 2.14. The lowest BCUT2D eigenvalue weighted by Crippen LogP contribution is -2.24. The van der Waals surface area contributed by atoms with Crippen LogP contribution in [0.15, 0.2) is 35.2 Å². The molecule has 0 aliphatic heterocycles. The minimum atomic E-state index is -3.76. The van der Waals surface area contributed by atoms with Gasteiger partial charge in [-0.15, -0.1) is 0 Å². The third kappa shape index (κ3) is 4.69. The minimum absolute atomic E-state index is 0.00265. The van der Waals surface area contributed by atoms with E-state index in [0.717, 1.165) is 6.42 Å². The molecular formula is C13H16ClNO3S. The van der Waals surface area contributed by atoms with Gasteiger partial charge >= 0.3 is 0 Å². The molecule has 19 heavy (non-hydrogen) atoms. The Bertz CT molecular complexity index is 594.